The lowest BCUT2D eigenvalue weighted by Crippen LogP contribution is -2.35. The van der Waals surface area contributed by atoms with E-state index in [2.05, 4.69) is 4.18 Å². The van der Waals surface area contributed by atoms with E-state index in [1.54, 1.807) is 13.8 Å². The highest BCUT2D eigenvalue weighted by Gasteiger charge is 2.32. The van der Waals surface area contributed by atoms with Gasteiger partial charge in [0.2, 0.25) is 0 Å². The van der Waals surface area contributed by atoms with Crippen molar-refractivity contribution in [3.63, 3.8) is 0 Å². The first-order chi connectivity index (χ1) is 8.16. The fourth-order valence-corrected chi connectivity index (χ4v) is 2.13. The third-order valence-electron chi connectivity index (χ3n) is 2.42. The highest BCUT2D eigenvalue weighted by atomic mass is 32.3. The third kappa shape index (κ3) is 2.79. The van der Waals surface area contributed by atoms with Crippen molar-refractivity contribution in [3.8, 4) is 11.5 Å². The second kappa shape index (κ2) is 3.94. The number of carbonyl (C=O) groups excluding carboxylic acids is 1. The van der Waals surface area contributed by atoms with Crippen LogP contribution in [-0.2, 0) is 10.5 Å². The maximum Gasteiger partial charge on any atom is 0.488 e. The van der Waals surface area contributed by atoms with Crippen LogP contribution in [0.1, 0.15) is 30.6 Å². The molecular weight excluding hydrogens is 263 g/mol. The zero-order chi connectivity index (χ0) is 13.6. The van der Waals surface area contributed by atoms with E-state index in [1.165, 1.54) is 18.2 Å². The first kappa shape index (κ1) is 12.8. The van der Waals surface area contributed by atoms with Gasteiger partial charge in [-0.1, -0.05) is 3.89 Å². The van der Waals surface area contributed by atoms with E-state index in [9.17, 15) is 17.1 Å². The fraction of sp³-hybridized carbons (Fsp3) is 0.364. The fourth-order valence-electron chi connectivity index (χ4n) is 1.80. The number of rotatable bonds is 2. The van der Waals surface area contributed by atoms with Crippen LogP contribution in [-0.4, -0.2) is 19.8 Å². The Bertz CT molecular complexity index is 606. The summed E-state index contributed by atoms with van der Waals surface area (Å²) in [6.45, 7) is 3.46. The monoisotopic (exact) mass is 274 g/mol. The number of halogens is 1. The molecule has 1 aliphatic heterocycles. The minimum absolute atomic E-state index is 0.115. The van der Waals surface area contributed by atoms with E-state index in [1.807, 2.05) is 0 Å². The number of ketones is 1. The van der Waals surface area contributed by atoms with Crippen molar-refractivity contribution in [2.75, 3.05) is 0 Å². The maximum atomic E-state index is 12.4. The zero-order valence-electron chi connectivity index (χ0n) is 9.77. The van der Waals surface area contributed by atoms with Gasteiger partial charge in [-0.05, 0) is 26.0 Å². The summed E-state index contributed by atoms with van der Waals surface area (Å²) in [4.78, 5) is 11.8. The molecule has 1 aromatic carbocycles. The summed E-state index contributed by atoms with van der Waals surface area (Å²) in [5, 5.41) is 0. The van der Waals surface area contributed by atoms with E-state index in [-0.39, 0.29) is 23.7 Å². The third-order valence-corrected chi connectivity index (χ3v) is 2.81. The van der Waals surface area contributed by atoms with Gasteiger partial charge in [0.05, 0.1) is 12.0 Å². The molecule has 5 nitrogen and oxygen atoms in total. The van der Waals surface area contributed by atoms with Gasteiger partial charge in [-0.2, -0.15) is 8.42 Å². The Morgan fingerprint density at radius 1 is 1.39 bits per heavy atom. The minimum Gasteiger partial charge on any atom is -0.486 e. The molecule has 0 N–H and O–H groups in total. The summed E-state index contributed by atoms with van der Waals surface area (Å²) in [6, 6.07) is 3.74. The second-order valence-electron chi connectivity index (χ2n) is 4.60. The highest BCUT2D eigenvalue weighted by molar-refractivity contribution is 7.81. The van der Waals surface area contributed by atoms with E-state index >= 15 is 0 Å². The number of hydrogen-bond acceptors (Lipinski definition) is 5. The molecule has 1 heterocycles. The van der Waals surface area contributed by atoms with Crippen molar-refractivity contribution in [3.05, 3.63) is 23.8 Å². The van der Waals surface area contributed by atoms with E-state index < -0.39 is 16.1 Å². The lowest BCUT2D eigenvalue weighted by molar-refractivity contribution is 0.0619. The van der Waals surface area contributed by atoms with Crippen LogP contribution in [0, 0.1) is 0 Å². The van der Waals surface area contributed by atoms with E-state index in [4.69, 9.17) is 4.74 Å². The van der Waals surface area contributed by atoms with Gasteiger partial charge >= 0.3 is 10.5 Å². The lowest BCUT2D eigenvalue weighted by atomic mass is 9.93. The van der Waals surface area contributed by atoms with Gasteiger partial charge in [-0.25, -0.2) is 0 Å². The molecule has 0 saturated carbocycles. The number of benzene rings is 1. The van der Waals surface area contributed by atoms with Crippen LogP contribution >= 0.6 is 0 Å². The molecular formula is C11H11FO5S. The molecule has 0 bridgehead atoms. The Morgan fingerprint density at radius 2 is 2.06 bits per heavy atom. The molecule has 18 heavy (non-hydrogen) atoms. The van der Waals surface area contributed by atoms with Crippen molar-refractivity contribution in [2.24, 2.45) is 0 Å². The van der Waals surface area contributed by atoms with Gasteiger partial charge < -0.3 is 8.92 Å². The molecule has 0 atom stereocenters. The van der Waals surface area contributed by atoms with Crippen LogP contribution < -0.4 is 8.92 Å². The Hall–Kier alpha value is -1.63. The number of ether oxygens (including phenoxy) is 1. The van der Waals surface area contributed by atoms with Crippen LogP contribution in [0.2, 0.25) is 0 Å². The van der Waals surface area contributed by atoms with Crippen LogP contribution in [0.4, 0.5) is 3.89 Å². The van der Waals surface area contributed by atoms with Crippen LogP contribution in [0.15, 0.2) is 18.2 Å². The van der Waals surface area contributed by atoms with Crippen LogP contribution in [0.3, 0.4) is 0 Å². The molecule has 0 aliphatic carbocycles. The van der Waals surface area contributed by atoms with Gasteiger partial charge in [0.25, 0.3) is 0 Å². The molecule has 0 saturated heterocycles. The van der Waals surface area contributed by atoms with E-state index in [0.29, 0.717) is 5.56 Å². The number of fused-ring (bicyclic) bond motifs is 1. The molecule has 0 radical (unpaired) electrons. The summed E-state index contributed by atoms with van der Waals surface area (Å²) in [6.07, 6.45) is 0.224. The van der Waals surface area contributed by atoms with Crippen molar-refractivity contribution in [1.29, 1.82) is 0 Å². The average molecular weight is 274 g/mol. The van der Waals surface area contributed by atoms with Crippen molar-refractivity contribution in [1.82, 2.24) is 0 Å². The smallest absolute Gasteiger partial charge is 0.486 e. The van der Waals surface area contributed by atoms with Gasteiger partial charge in [0.1, 0.15) is 17.1 Å². The van der Waals surface area contributed by atoms with Gasteiger partial charge in [-0.3, -0.25) is 4.79 Å². The Labute approximate surface area is 104 Å². The predicted molar refractivity (Wildman–Crippen MR) is 60.8 cm³/mol. The molecule has 98 valence electrons. The lowest BCUT2D eigenvalue weighted by Gasteiger charge is -2.31. The average Bonchev–Trinajstić information content (AvgIpc) is 2.11. The van der Waals surface area contributed by atoms with Gasteiger partial charge in [0, 0.05) is 6.07 Å². The topological polar surface area (TPSA) is 69.7 Å². The standard InChI is InChI=1S/C11H11FO5S/c1-11(2)6-9(13)8-4-3-7(5-10(8)16-11)17-18(12,14)15/h3-5H,6H2,1-2H3. The normalized spacial score (nSPS) is 17.8. The Balaban J connectivity index is 2.40. The van der Waals surface area contributed by atoms with Gasteiger partial charge in [0.15, 0.2) is 5.78 Å². The Morgan fingerprint density at radius 3 is 2.67 bits per heavy atom. The number of hydrogen-bond donors (Lipinski definition) is 0. The molecule has 7 heteroatoms. The maximum absolute atomic E-state index is 12.4. The quantitative estimate of drug-likeness (QED) is 0.772. The van der Waals surface area contributed by atoms with Crippen LogP contribution in [0.5, 0.6) is 11.5 Å². The van der Waals surface area contributed by atoms with Crippen molar-refractivity contribution in [2.45, 2.75) is 25.9 Å². The molecule has 0 fully saturated rings. The molecule has 2 rings (SSSR count). The molecule has 0 unspecified atom stereocenters. The molecule has 0 amide bonds. The summed E-state index contributed by atoms with van der Waals surface area (Å²) < 4.78 is 42.7. The summed E-state index contributed by atoms with van der Waals surface area (Å²) in [5.41, 5.74) is -0.352. The molecule has 0 aromatic heterocycles. The van der Waals surface area contributed by atoms with Crippen molar-refractivity contribution < 1.29 is 26.0 Å². The summed E-state index contributed by atoms with van der Waals surface area (Å²) in [5.74, 6) is -0.157. The molecule has 1 aliphatic rings. The van der Waals surface area contributed by atoms with Gasteiger partial charge in [-0.15, -0.1) is 0 Å². The zero-order valence-corrected chi connectivity index (χ0v) is 10.6. The van der Waals surface area contributed by atoms with Crippen LogP contribution in [0.25, 0.3) is 0 Å². The Kier molecular flexibility index (Phi) is 2.81. The summed E-state index contributed by atoms with van der Waals surface area (Å²) >= 11 is 0. The minimum atomic E-state index is -5.09. The summed E-state index contributed by atoms with van der Waals surface area (Å²) in [7, 11) is -5.09. The molecule has 0 spiro atoms. The largest absolute Gasteiger partial charge is 0.488 e. The first-order valence-electron chi connectivity index (χ1n) is 5.17. The second-order valence-corrected chi connectivity index (χ2v) is 5.55. The van der Waals surface area contributed by atoms with E-state index in [0.717, 1.165) is 0 Å². The van der Waals surface area contributed by atoms with Crippen molar-refractivity contribution >= 4 is 16.3 Å². The first-order valence-corrected chi connectivity index (χ1v) is 6.47. The predicted octanol–water partition coefficient (Wildman–Crippen LogP) is 2.02. The highest BCUT2D eigenvalue weighted by Crippen LogP contribution is 2.35. The SMILES string of the molecule is CC1(C)CC(=O)c2ccc(OS(=O)(=O)F)cc2O1. The molecule has 1 aromatic rings. The number of carbonyl (C=O) groups is 1. The number of Topliss-reactive ketones (excluding diaryl/α,β-unsaturated/α-hetero) is 1.